The molecule has 0 aliphatic heterocycles. The highest BCUT2D eigenvalue weighted by Gasteiger charge is 2.21. The van der Waals surface area contributed by atoms with E-state index >= 15 is 0 Å². The number of carbonyl (C=O) groups is 2. The second-order valence-corrected chi connectivity index (χ2v) is 3.46. The van der Waals surface area contributed by atoms with Gasteiger partial charge in [-0.2, -0.15) is 8.42 Å². The Kier molecular flexibility index (Phi) is 4.12. The Morgan fingerprint density at radius 1 is 1.54 bits per heavy atom. The van der Waals surface area contributed by atoms with E-state index in [1.54, 1.807) is 0 Å². The normalized spacial score (nSPS) is 10.2. The fourth-order valence-corrected chi connectivity index (χ4v) is 1.03. The SMILES string of the molecule is C=CC(=O)S(=O)(=O)NC(=O)OCC. The number of hydrogen-bond acceptors (Lipinski definition) is 5. The van der Waals surface area contributed by atoms with E-state index in [1.165, 1.54) is 11.6 Å². The van der Waals surface area contributed by atoms with Crippen molar-refractivity contribution in [3.05, 3.63) is 12.7 Å². The summed E-state index contributed by atoms with van der Waals surface area (Å²) >= 11 is 0. The van der Waals surface area contributed by atoms with Gasteiger partial charge in [-0.25, -0.2) is 9.52 Å². The standard InChI is InChI=1S/C6H9NO5S/c1-3-5(8)13(10,11)7-6(9)12-4-2/h3H,1,4H2,2H3,(H,7,9). The van der Waals surface area contributed by atoms with Crippen LogP contribution >= 0.6 is 0 Å². The van der Waals surface area contributed by atoms with Gasteiger partial charge in [0.05, 0.1) is 6.61 Å². The molecular formula is C6H9NO5S. The van der Waals surface area contributed by atoms with Gasteiger partial charge in [0.25, 0.3) is 5.12 Å². The molecule has 0 aromatic rings. The smallest absolute Gasteiger partial charge is 0.421 e. The lowest BCUT2D eigenvalue weighted by Gasteiger charge is -2.02. The van der Waals surface area contributed by atoms with Crippen LogP contribution in [0.2, 0.25) is 0 Å². The molecule has 0 saturated carbocycles. The second kappa shape index (κ2) is 4.61. The number of rotatable bonds is 2. The Morgan fingerprint density at radius 3 is 2.46 bits per heavy atom. The zero-order valence-corrected chi connectivity index (χ0v) is 7.76. The van der Waals surface area contributed by atoms with Crippen molar-refractivity contribution < 1.29 is 22.7 Å². The maximum atomic E-state index is 10.8. The van der Waals surface area contributed by atoms with Crippen molar-refractivity contribution in [2.45, 2.75) is 6.92 Å². The second-order valence-electron chi connectivity index (χ2n) is 1.85. The Bertz CT molecular complexity index is 318. The van der Waals surface area contributed by atoms with Crippen LogP contribution in [0.1, 0.15) is 6.92 Å². The molecule has 74 valence electrons. The van der Waals surface area contributed by atoms with E-state index in [-0.39, 0.29) is 6.61 Å². The lowest BCUT2D eigenvalue weighted by atomic mass is 10.7. The molecule has 0 saturated heterocycles. The molecule has 0 bridgehead atoms. The minimum Gasteiger partial charge on any atom is -0.449 e. The fourth-order valence-electron chi connectivity index (χ4n) is 0.430. The number of hydrogen-bond donors (Lipinski definition) is 1. The summed E-state index contributed by atoms with van der Waals surface area (Å²) in [6.45, 7) is 4.48. The van der Waals surface area contributed by atoms with Crippen molar-refractivity contribution >= 4 is 21.2 Å². The van der Waals surface area contributed by atoms with Crippen molar-refractivity contribution in [3.63, 3.8) is 0 Å². The average Bonchev–Trinajstić information content (AvgIpc) is 2.02. The van der Waals surface area contributed by atoms with Crippen LogP contribution in [0.4, 0.5) is 4.79 Å². The van der Waals surface area contributed by atoms with E-state index in [9.17, 15) is 18.0 Å². The number of nitrogens with one attached hydrogen (secondary N) is 1. The van der Waals surface area contributed by atoms with Gasteiger partial charge in [-0.3, -0.25) is 4.79 Å². The predicted molar refractivity (Wildman–Crippen MR) is 44.3 cm³/mol. The van der Waals surface area contributed by atoms with Crippen molar-refractivity contribution in [3.8, 4) is 0 Å². The van der Waals surface area contributed by atoms with Crippen LogP contribution in [-0.2, 0) is 19.6 Å². The summed E-state index contributed by atoms with van der Waals surface area (Å²) in [5.74, 6) is 0. The molecule has 1 N–H and O–H groups in total. The number of amides is 1. The Hall–Kier alpha value is -1.37. The molecule has 0 rings (SSSR count). The first-order valence-electron chi connectivity index (χ1n) is 3.30. The van der Waals surface area contributed by atoms with E-state index in [0.29, 0.717) is 6.08 Å². The number of sulfonamides is 1. The van der Waals surface area contributed by atoms with Gasteiger partial charge >= 0.3 is 16.1 Å². The third-order valence-corrected chi connectivity index (χ3v) is 2.06. The van der Waals surface area contributed by atoms with E-state index in [0.717, 1.165) is 0 Å². The zero-order chi connectivity index (χ0) is 10.5. The fraction of sp³-hybridized carbons (Fsp3) is 0.333. The van der Waals surface area contributed by atoms with Gasteiger partial charge in [-0.05, 0) is 13.0 Å². The molecule has 0 unspecified atom stereocenters. The monoisotopic (exact) mass is 207 g/mol. The highest BCUT2D eigenvalue weighted by molar-refractivity contribution is 8.05. The average molecular weight is 207 g/mol. The first kappa shape index (κ1) is 11.6. The van der Waals surface area contributed by atoms with Crippen LogP contribution < -0.4 is 4.72 Å². The van der Waals surface area contributed by atoms with E-state index in [1.807, 2.05) is 0 Å². The molecule has 0 fully saturated rings. The topological polar surface area (TPSA) is 89.5 Å². The molecule has 7 heteroatoms. The van der Waals surface area contributed by atoms with Crippen molar-refractivity contribution in [2.24, 2.45) is 0 Å². The summed E-state index contributed by atoms with van der Waals surface area (Å²) in [7, 11) is -4.31. The predicted octanol–water partition coefficient (Wildman–Crippen LogP) is -0.225. The van der Waals surface area contributed by atoms with Crippen molar-refractivity contribution in [2.75, 3.05) is 6.61 Å². The van der Waals surface area contributed by atoms with E-state index in [4.69, 9.17) is 0 Å². The minimum absolute atomic E-state index is 0.0175. The van der Waals surface area contributed by atoms with Gasteiger partial charge in [0.15, 0.2) is 0 Å². The van der Waals surface area contributed by atoms with Gasteiger partial charge in [-0.1, -0.05) is 6.58 Å². The van der Waals surface area contributed by atoms with Gasteiger partial charge in [0.2, 0.25) is 0 Å². The molecule has 0 heterocycles. The lowest BCUT2D eigenvalue weighted by molar-refractivity contribution is -0.107. The molecule has 0 aliphatic rings. The third kappa shape index (κ3) is 3.70. The van der Waals surface area contributed by atoms with Crippen molar-refractivity contribution in [1.29, 1.82) is 0 Å². The first-order valence-corrected chi connectivity index (χ1v) is 4.78. The van der Waals surface area contributed by atoms with Gasteiger partial charge in [0, 0.05) is 0 Å². The van der Waals surface area contributed by atoms with E-state index < -0.39 is 21.2 Å². The molecule has 0 spiro atoms. The summed E-state index contributed by atoms with van der Waals surface area (Å²) in [4.78, 5) is 21.2. The van der Waals surface area contributed by atoms with Crippen LogP contribution in [-0.4, -0.2) is 26.2 Å². The minimum atomic E-state index is -4.31. The zero-order valence-electron chi connectivity index (χ0n) is 6.94. The highest BCUT2D eigenvalue weighted by Crippen LogP contribution is 1.89. The molecule has 1 amide bonds. The third-order valence-electron chi connectivity index (χ3n) is 0.925. The molecular weight excluding hydrogens is 198 g/mol. The Balaban J connectivity index is 4.44. The summed E-state index contributed by atoms with van der Waals surface area (Å²) in [5.41, 5.74) is 0. The summed E-state index contributed by atoms with van der Waals surface area (Å²) in [5, 5.41) is -1.28. The molecule has 0 aromatic heterocycles. The Morgan fingerprint density at radius 2 is 2.08 bits per heavy atom. The maximum Gasteiger partial charge on any atom is 0.421 e. The number of ether oxygens (including phenoxy) is 1. The summed E-state index contributed by atoms with van der Waals surface area (Å²) in [6, 6.07) is 0. The van der Waals surface area contributed by atoms with Crippen LogP contribution in [0.3, 0.4) is 0 Å². The summed E-state index contributed by atoms with van der Waals surface area (Å²) < 4.78 is 27.3. The van der Waals surface area contributed by atoms with Crippen molar-refractivity contribution in [1.82, 2.24) is 4.72 Å². The lowest BCUT2D eigenvalue weighted by Crippen LogP contribution is -2.35. The Labute approximate surface area is 75.6 Å². The number of carbonyl (C=O) groups excluding carboxylic acids is 2. The molecule has 0 aromatic carbocycles. The maximum absolute atomic E-state index is 10.8. The van der Waals surface area contributed by atoms with Crippen LogP contribution in [0, 0.1) is 0 Å². The van der Waals surface area contributed by atoms with Crippen LogP contribution in [0.25, 0.3) is 0 Å². The highest BCUT2D eigenvalue weighted by atomic mass is 32.2. The largest absolute Gasteiger partial charge is 0.449 e. The quantitative estimate of drug-likeness (QED) is 0.632. The molecule has 0 atom stereocenters. The molecule has 13 heavy (non-hydrogen) atoms. The first-order chi connectivity index (χ1) is 5.94. The molecule has 0 aliphatic carbocycles. The van der Waals surface area contributed by atoms with Crippen LogP contribution in [0.5, 0.6) is 0 Å². The molecule has 6 nitrogen and oxygen atoms in total. The van der Waals surface area contributed by atoms with Crippen LogP contribution in [0.15, 0.2) is 12.7 Å². The molecule has 0 radical (unpaired) electrons. The van der Waals surface area contributed by atoms with Gasteiger partial charge in [0.1, 0.15) is 0 Å². The van der Waals surface area contributed by atoms with E-state index in [2.05, 4.69) is 11.3 Å². The summed E-state index contributed by atoms with van der Waals surface area (Å²) in [6.07, 6.45) is -0.598. The van der Waals surface area contributed by atoms with Gasteiger partial charge < -0.3 is 4.74 Å². The van der Waals surface area contributed by atoms with Gasteiger partial charge in [-0.15, -0.1) is 0 Å².